The second kappa shape index (κ2) is 7.14. The fraction of sp³-hybridized carbons (Fsp3) is 0.250. The van der Waals surface area contributed by atoms with Gasteiger partial charge >= 0.3 is 0 Å². The minimum Gasteiger partial charge on any atom is -0.491 e. The Kier molecular flexibility index (Phi) is 5.49. The standard InChI is InChI=1S/C16H17Br2NO/c1-11(2)20-14-5-3-4-12(8-14)10-19-16-7-6-13(17)9-15(16)18/h3-9,11,19H,10H2,1-2H3. The van der Waals surface area contributed by atoms with E-state index in [1.807, 2.05) is 44.2 Å². The summed E-state index contributed by atoms with van der Waals surface area (Å²) < 4.78 is 7.80. The molecule has 0 radical (unpaired) electrons. The molecule has 2 rings (SSSR count). The molecular formula is C16H17Br2NO. The Morgan fingerprint density at radius 1 is 1.10 bits per heavy atom. The van der Waals surface area contributed by atoms with E-state index in [9.17, 15) is 0 Å². The van der Waals surface area contributed by atoms with Crippen LogP contribution in [0.15, 0.2) is 51.4 Å². The molecule has 0 unspecified atom stereocenters. The Morgan fingerprint density at radius 2 is 1.90 bits per heavy atom. The highest BCUT2D eigenvalue weighted by molar-refractivity contribution is 9.11. The molecule has 4 heteroatoms. The predicted molar refractivity (Wildman–Crippen MR) is 91.4 cm³/mol. The summed E-state index contributed by atoms with van der Waals surface area (Å²) in [5.41, 5.74) is 2.27. The van der Waals surface area contributed by atoms with E-state index in [1.54, 1.807) is 0 Å². The van der Waals surface area contributed by atoms with Crippen molar-refractivity contribution in [2.45, 2.75) is 26.5 Å². The van der Waals surface area contributed by atoms with Crippen molar-refractivity contribution < 1.29 is 4.74 Å². The number of halogens is 2. The summed E-state index contributed by atoms with van der Waals surface area (Å²) in [5.74, 6) is 0.911. The molecule has 106 valence electrons. The number of anilines is 1. The van der Waals surface area contributed by atoms with Crippen LogP contribution in [-0.2, 0) is 6.54 Å². The SMILES string of the molecule is CC(C)Oc1cccc(CNc2ccc(Br)cc2Br)c1. The number of nitrogens with one attached hydrogen (secondary N) is 1. The fourth-order valence-corrected chi connectivity index (χ4v) is 3.02. The number of hydrogen-bond acceptors (Lipinski definition) is 2. The van der Waals surface area contributed by atoms with Crippen LogP contribution in [0.3, 0.4) is 0 Å². The van der Waals surface area contributed by atoms with Crippen molar-refractivity contribution in [1.82, 2.24) is 0 Å². The molecule has 20 heavy (non-hydrogen) atoms. The van der Waals surface area contributed by atoms with Gasteiger partial charge < -0.3 is 10.1 Å². The molecule has 0 fully saturated rings. The lowest BCUT2D eigenvalue weighted by molar-refractivity contribution is 0.242. The molecule has 0 amide bonds. The van der Waals surface area contributed by atoms with Crippen LogP contribution in [0.5, 0.6) is 5.75 Å². The van der Waals surface area contributed by atoms with Crippen LogP contribution < -0.4 is 10.1 Å². The Bertz CT molecular complexity index is 584. The molecule has 0 bridgehead atoms. The molecular weight excluding hydrogens is 382 g/mol. The summed E-state index contributed by atoms with van der Waals surface area (Å²) >= 11 is 7.00. The normalized spacial score (nSPS) is 10.7. The maximum Gasteiger partial charge on any atom is 0.120 e. The molecule has 2 aromatic carbocycles. The van der Waals surface area contributed by atoms with Crippen molar-refractivity contribution in [2.24, 2.45) is 0 Å². The molecule has 0 heterocycles. The van der Waals surface area contributed by atoms with Crippen molar-refractivity contribution in [3.05, 3.63) is 57.0 Å². The average molecular weight is 399 g/mol. The third kappa shape index (κ3) is 4.53. The first-order valence-corrected chi connectivity index (χ1v) is 8.07. The summed E-state index contributed by atoms with van der Waals surface area (Å²) in [4.78, 5) is 0. The third-order valence-electron chi connectivity index (χ3n) is 2.68. The topological polar surface area (TPSA) is 21.3 Å². The van der Waals surface area contributed by atoms with Gasteiger partial charge in [-0.25, -0.2) is 0 Å². The molecule has 1 N–H and O–H groups in total. The molecule has 0 aliphatic carbocycles. The smallest absolute Gasteiger partial charge is 0.120 e. The van der Waals surface area contributed by atoms with E-state index in [2.05, 4.69) is 49.3 Å². The number of hydrogen-bond donors (Lipinski definition) is 1. The van der Waals surface area contributed by atoms with Gasteiger partial charge in [0, 0.05) is 21.2 Å². The van der Waals surface area contributed by atoms with Crippen LogP contribution in [0.2, 0.25) is 0 Å². The molecule has 0 spiro atoms. The first kappa shape index (κ1) is 15.4. The minimum atomic E-state index is 0.193. The molecule has 0 saturated carbocycles. The van der Waals surface area contributed by atoms with Crippen LogP contribution in [0.4, 0.5) is 5.69 Å². The highest BCUT2D eigenvalue weighted by atomic mass is 79.9. The summed E-state index contributed by atoms with van der Waals surface area (Å²) in [6.07, 6.45) is 0.193. The maximum atomic E-state index is 5.70. The first-order chi connectivity index (χ1) is 9.54. The number of rotatable bonds is 5. The molecule has 0 saturated heterocycles. The highest BCUT2D eigenvalue weighted by Gasteiger charge is 2.02. The van der Waals surface area contributed by atoms with E-state index < -0.39 is 0 Å². The zero-order valence-corrected chi connectivity index (χ0v) is 14.7. The van der Waals surface area contributed by atoms with Crippen LogP contribution in [-0.4, -0.2) is 6.10 Å². The van der Waals surface area contributed by atoms with Crippen molar-refractivity contribution in [1.29, 1.82) is 0 Å². The number of ether oxygens (including phenoxy) is 1. The Balaban J connectivity index is 2.03. The van der Waals surface area contributed by atoms with Gasteiger partial charge in [0.1, 0.15) is 5.75 Å². The van der Waals surface area contributed by atoms with Gasteiger partial charge in [0.2, 0.25) is 0 Å². The minimum absolute atomic E-state index is 0.193. The van der Waals surface area contributed by atoms with Crippen LogP contribution >= 0.6 is 31.9 Å². The van der Waals surface area contributed by atoms with Gasteiger partial charge in [-0.1, -0.05) is 28.1 Å². The van der Waals surface area contributed by atoms with E-state index in [0.717, 1.165) is 26.9 Å². The zero-order chi connectivity index (χ0) is 14.5. The summed E-state index contributed by atoms with van der Waals surface area (Å²) in [7, 11) is 0. The number of benzene rings is 2. The van der Waals surface area contributed by atoms with Gasteiger partial charge in [0.05, 0.1) is 6.10 Å². The molecule has 2 nitrogen and oxygen atoms in total. The summed E-state index contributed by atoms with van der Waals surface area (Å²) in [6, 6.07) is 14.3. The lowest BCUT2D eigenvalue weighted by Gasteiger charge is -2.12. The molecule has 2 aromatic rings. The van der Waals surface area contributed by atoms with Crippen molar-refractivity contribution in [3.63, 3.8) is 0 Å². The van der Waals surface area contributed by atoms with Gasteiger partial charge in [-0.3, -0.25) is 0 Å². The summed E-state index contributed by atoms with van der Waals surface area (Å²) in [6.45, 7) is 4.82. The molecule has 0 aliphatic rings. The van der Waals surface area contributed by atoms with Gasteiger partial charge in [-0.05, 0) is 65.7 Å². The first-order valence-electron chi connectivity index (χ1n) is 6.49. The van der Waals surface area contributed by atoms with Gasteiger partial charge in [0.15, 0.2) is 0 Å². The van der Waals surface area contributed by atoms with Gasteiger partial charge in [-0.15, -0.1) is 0 Å². The average Bonchev–Trinajstić information content (AvgIpc) is 2.37. The highest BCUT2D eigenvalue weighted by Crippen LogP contribution is 2.26. The van der Waals surface area contributed by atoms with Crippen molar-refractivity contribution >= 4 is 37.5 Å². The fourth-order valence-electron chi connectivity index (χ4n) is 1.83. The van der Waals surface area contributed by atoms with Crippen molar-refractivity contribution in [3.8, 4) is 5.75 Å². The van der Waals surface area contributed by atoms with E-state index >= 15 is 0 Å². The van der Waals surface area contributed by atoms with E-state index in [1.165, 1.54) is 5.56 Å². The second-order valence-corrected chi connectivity index (χ2v) is 6.56. The predicted octanol–water partition coefficient (Wildman–Crippen LogP) is 5.61. The Morgan fingerprint density at radius 3 is 2.60 bits per heavy atom. The molecule has 0 aromatic heterocycles. The largest absolute Gasteiger partial charge is 0.491 e. The monoisotopic (exact) mass is 397 g/mol. The zero-order valence-electron chi connectivity index (χ0n) is 11.5. The lowest BCUT2D eigenvalue weighted by Crippen LogP contribution is -2.06. The van der Waals surface area contributed by atoms with E-state index in [4.69, 9.17) is 4.74 Å². The quantitative estimate of drug-likeness (QED) is 0.706. The van der Waals surface area contributed by atoms with Crippen LogP contribution in [0.25, 0.3) is 0 Å². The van der Waals surface area contributed by atoms with E-state index in [-0.39, 0.29) is 6.10 Å². The van der Waals surface area contributed by atoms with Crippen molar-refractivity contribution in [2.75, 3.05) is 5.32 Å². The van der Waals surface area contributed by atoms with Crippen LogP contribution in [0, 0.1) is 0 Å². The second-order valence-electron chi connectivity index (χ2n) is 4.79. The van der Waals surface area contributed by atoms with Crippen LogP contribution in [0.1, 0.15) is 19.4 Å². The van der Waals surface area contributed by atoms with Gasteiger partial charge in [-0.2, -0.15) is 0 Å². The lowest BCUT2D eigenvalue weighted by atomic mass is 10.2. The Labute approximate surface area is 136 Å². The van der Waals surface area contributed by atoms with E-state index in [0.29, 0.717) is 0 Å². The molecule has 0 atom stereocenters. The summed E-state index contributed by atoms with van der Waals surface area (Å²) in [5, 5.41) is 3.41. The third-order valence-corrected chi connectivity index (χ3v) is 3.83. The maximum absolute atomic E-state index is 5.70. The molecule has 0 aliphatic heterocycles. The van der Waals surface area contributed by atoms with Gasteiger partial charge in [0.25, 0.3) is 0 Å². The Hall–Kier alpha value is -1.000.